The summed E-state index contributed by atoms with van der Waals surface area (Å²) in [6.07, 6.45) is 1.30. The van der Waals surface area contributed by atoms with E-state index in [0.29, 0.717) is 26.3 Å². The predicted octanol–water partition coefficient (Wildman–Crippen LogP) is -0.838. The van der Waals surface area contributed by atoms with E-state index < -0.39 is 10.9 Å². The number of aromatic nitrogens is 3. The maximum absolute atomic E-state index is 10.2. The molecule has 0 fully saturated rings. The van der Waals surface area contributed by atoms with E-state index in [4.69, 9.17) is 10.5 Å². The number of hydrogen-bond donors (Lipinski definition) is 1. The Labute approximate surface area is 79.8 Å². The van der Waals surface area contributed by atoms with Crippen molar-refractivity contribution in [3.63, 3.8) is 0 Å². The first-order valence-corrected chi connectivity index (χ1v) is 4.05. The van der Waals surface area contributed by atoms with Gasteiger partial charge in [-0.25, -0.2) is 0 Å². The lowest BCUT2D eigenvalue weighted by Crippen LogP contribution is -2.12. The molecular formula is C6H11N5O3. The average molecular weight is 201 g/mol. The highest BCUT2D eigenvalue weighted by molar-refractivity contribution is 4.96. The lowest BCUT2D eigenvalue weighted by atomic mass is 10.6. The molecule has 8 heteroatoms. The fourth-order valence-corrected chi connectivity index (χ4v) is 0.820. The molecule has 14 heavy (non-hydrogen) atoms. The molecule has 0 bridgehead atoms. The van der Waals surface area contributed by atoms with Crippen LogP contribution in [0.5, 0.6) is 0 Å². The van der Waals surface area contributed by atoms with E-state index in [0.717, 1.165) is 0 Å². The van der Waals surface area contributed by atoms with Crippen molar-refractivity contribution < 1.29 is 9.66 Å². The molecule has 0 unspecified atom stereocenters. The second-order valence-corrected chi connectivity index (χ2v) is 2.47. The lowest BCUT2D eigenvalue weighted by molar-refractivity contribution is -0.394. The molecule has 0 aromatic carbocycles. The van der Waals surface area contributed by atoms with Gasteiger partial charge in [0.1, 0.15) is 0 Å². The van der Waals surface area contributed by atoms with Crippen LogP contribution >= 0.6 is 0 Å². The van der Waals surface area contributed by atoms with Crippen LogP contribution in [-0.2, 0) is 11.3 Å². The molecule has 0 saturated heterocycles. The molecule has 0 aliphatic rings. The lowest BCUT2D eigenvalue weighted by Gasteiger charge is -1.98. The zero-order chi connectivity index (χ0) is 10.4. The van der Waals surface area contributed by atoms with Gasteiger partial charge in [-0.3, -0.25) is 0 Å². The Balaban J connectivity index is 2.33. The Hall–Kier alpha value is -1.54. The van der Waals surface area contributed by atoms with Crippen LogP contribution in [0, 0.1) is 10.1 Å². The molecule has 2 N–H and O–H groups in total. The summed E-state index contributed by atoms with van der Waals surface area (Å²) in [4.78, 5) is 13.1. The quantitative estimate of drug-likeness (QED) is 0.365. The van der Waals surface area contributed by atoms with Crippen molar-refractivity contribution in [2.24, 2.45) is 5.73 Å². The fourth-order valence-electron chi connectivity index (χ4n) is 0.820. The van der Waals surface area contributed by atoms with Crippen molar-refractivity contribution in [2.45, 2.75) is 6.54 Å². The van der Waals surface area contributed by atoms with Gasteiger partial charge in [-0.15, -0.1) is 0 Å². The van der Waals surface area contributed by atoms with Crippen LogP contribution < -0.4 is 5.73 Å². The third-order valence-corrected chi connectivity index (χ3v) is 1.41. The minimum absolute atomic E-state index is 0.399. The number of nitrogens with zero attached hydrogens (tertiary/aromatic N) is 4. The summed E-state index contributed by atoms with van der Waals surface area (Å²) in [5, 5.41) is 13.8. The standard InChI is InChI=1S/C6H11N5O3/c7-1-3-14-4-2-10-5-8-6(9-10)11(12)13/h5H,1-4,7H2. The number of rotatable bonds is 6. The molecule has 0 radical (unpaired) electrons. The number of ether oxygens (including phenoxy) is 1. The highest BCUT2D eigenvalue weighted by Gasteiger charge is 2.12. The molecule has 1 aromatic rings. The monoisotopic (exact) mass is 201 g/mol. The second-order valence-electron chi connectivity index (χ2n) is 2.47. The summed E-state index contributed by atoms with van der Waals surface area (Å²) >= 11 is 0. The molecule has 1 aromatic heterocycles. The second kappa shape index (κ2) is 5.25. The largest absolute Gasteiger partial charge is 0.490 e. The van der Waals surface area contributed by atoms with Gasteiger partial charge in [-0.05, 0) is 4.92 Å². The van der Waals surface area contributed by atoms with Crippen molar-refractivity contribution in [3.8, 4) is 0 Å². The van der Waals surface area contributed by atoms with Gasteiger partial charge in [-0.2, -0.15) is 4.68 Å². The summed E-state index contributed by atoms with van der Waals surface area (Å²) in [6.45, 7) is 1.77. The number of hydrogen-bond acceptors (Lipinski definition) is 6. The van der Waals surface area contributed by atoms with Crippen LogP contribution in [0.1, 0.15) is 0 Å². The van der Waals surface area contributed by atoms with E-state index in [1.54, 1.807) is 0 Å². The van der Waals surface area contributed by atoms with E-state index in [2.05, 4.69) is 10.1 Å². The van der Waals surface area contributed by atoms with Gasteiger partial charge in [0.2, 0.25) is 6.33 Å². The highest BCUT2D eigenvalue weighted by Crippen LogP contribution is 1.98. The Morgan fingerprint density at radius 3 is 3.00 bits per heavy atom. The third kappa shape index (κ3) is 3.07. The first-order chi connectivity index (χ1) is 6.74. The summed E-state index contributed by atoms with van der Waals surface area (Å²) in [7, 11) is 0. The van der Waals surface area contributed by atoms with Gasteiger partial charge in [0.05, 0.1) is 19.8 Å². The summed E-state index contributed by atoms with van der Waals surface area (Å²) in [5.74, 6) is -0.399. The summed E-state index contributed by atoms with van der Waals surface area (Å²) < 4.78 is 6.43. The Bertz CT molecular complexity index is 299. The van der Waals surface area contributed by atoms with Crippen molar-refractivity contribution >= 4 is 5.95 Å². The molecule has 1 rings (SSSR count). The van der Waals surface area contributed by atoms with Gasteiger partial charge in [-0.1, -0.05) is 4.98 Å². The molecule has 0 spiro atoms. The molecule has 0 aliphatic heterocycles. The SMILES string of the molecule is NCCOCCn1cnc([N+](=O)[O-])n1. The van der Waals surface area contributed by atoms with Gasteiger partial charge in [0, 0.05) is 11.6 Å². The number of nitro groups is 1. The van der Waals surface area contributed by atoms with Gasteiger partial charge < -0.3 is 20.6 Å². The molecular weight excluding hydrogens is 190 g/mol. The molecule has 0 amide bonds. The van der Waals surface area contributed by atoms with Crippen molar-refractivity contribution in [1.29, 1.82) is 0 Å². The van der Waals surface area contributed by atoms with Crippen molar-refractivity contribution in [1.82, 2.24) is 14.8 Å². The van der Waals surface area contributed by atoms with Crippen LogP contribution in [0.3, 0.4) is 0 Å². The molecule has 0 atom stereocenters. The van der Waals surface area contributed by atoms with Crippen LogP contribution in [-0.4, -0.2) is 39.4 Å². The number of nitrogens with two attached hydrogens (primary N) is 1. The van der Waals surface area contributed by atoms with Gasteiger partial charge >= 0.3 is 5.95 Å². The molecule has 0 aliphatic carbocycles. The molecule has 8 nitrogen and oxygen atoms in total. The fraction of sp³-hybridized carbons (Fsp3) is 0.667. The molecule has 78 valence electrons. The highest BCUT2D eigenvalue weighted by atomic mass is 16.6. The average Bonchev–Trinajstić information content (AvgIpc) is 2.61. The smallest absolute Gasteiger partial charge is 0.390 e. The summed E-state index contributed by atoms with van der Waals surface area (Å²) in [5.41, 5.74) is 5.20. The minimum atomic E-state index is -0.642. The first kappa shape index (κ1) is 10.5. The van der Waals surface area contributed by atoms with E-state index >= 15 is 0 Å². The van der Waals surface area contributed by atoms with E-state index in [-0.39, 0.29) is 0 Å². The van der Waals surface area contributed by atoms with Crippen molar-refractivity contribution in [3.05, 3.63) is 16.4 Å². The maximum Gasteiger partial charge on any atom is 0.490 e. The predicted molar refractivity (Wildman–Crippen MR) is 46.5 cm³/mol. The normalized spacial score (nSPS) is 10.4. The Kier molecular flexibility index (Phi) is 3.95. The van der Waals surface area contributed by atoms with Crippen LogP contribution in [0.25, 0.3) is 0 Å². The molecule has 0 saturated carbocycles. The van der Waals surface area contributed by atoms with E-state index in [9.17, 15) is 10.1 Å². The van der Waals surface area contributed by atoms with Crippen LogP contribution in [0.2, 0.25) is 0 Å². The van der Waals surface area contributed by atoms with Gasteiger partial charge in [0.25, 0.3) is 0 Å². The summed E-state index contributed by atoms with van der Waals surface area (Å²) in [6, 6.07) is 0. The first-order valence-electron chi connectivity index (χ1n) is 4.05. The topological polar surface area (TPSA) is 109 Å². The maximum atomic E-state index is 10.2. The zero-order valence-electron chi connectivity index (χ0n) is 7.50. The third-order valence-electron chi connectivity index (χ3n) is 1.41. The van der Waals surface area contributed by atoms with Crippen LogP contribution in [0.4, 0.5) is 5.95 Å². The van der Waals surface area contributed by atoms with Crippen molar-refractivity contribution in [2.75, 3.05) is 19.8 Å². The zero-order valence-corrected chi connectivity index (χ0v) is 7.50. The van der Waals surface area contributed by atoms with Gasteiger partial charge in [0.15, 0.2) is 0 Å². The molecule has 1 heterocycles. The van der Waals surface area contributed by atoms with Crippen LogP contribution in [0.15, 0.2) is 6.33 Å². The van der Waals surface area contributed by atoms with E-state index in [1.807, 2.05) is 0 Å². The Morgan fingerprint density at radius 2 is 2.43 bits per heavy atom. The van der Waals surface area contributed by atoms with E-state index in [1.165, 1.54) is 11.0 Å². The minimum Gasteiger partial charge on any atom is -0.390 e. The Morgan fingerprint density at radius 1 is 1.64 bits per heavy atom.